The number of hydrogen-bond acceptors (Lipinski definition) is 3. The first-order valence-corrected chi connectivity index (χ1v) is 9.31. The number of fused-ring (bicyclic) bond motifs is 1. The van der Waals surface area contributed by atoms with Gasteiger partial charge in [-0.15, -0.1) is 0 Å². The Morgan fingerprint density at radius 2 is 2.12 bits per heavy atom. The van der Waals surface area contributed by atoms with E-state index in [-0.39, 0.29) is 5.91 Å². The van der Waals surface area contributed by atoms with Crippen LogP contribution >= 0.6 is 0 Å². The van der Waals surface area contributed by atoms with Crippen LogP contribution in [0.3, 0.4) is 0 Å². The first kappa shape index (κ1) is 16.8. The Bertz CT molecular complexity index is 903. The van der Waals surface area contributed by atoms with E-state index in [9.17, 15) is 4.79 Å². The Balaban J connectivity index is 1.45. The van der Waals surface area contributed by atoms with Crippen LogP contribution in [0.25, 0.3) is 5.65 Å². The summed E-state index contributed by atoms with van der Waals surface area (Å²) in [5.74, 6) is 0.690. The predicted octanol–water partition coefficient (Wildman–Crippen LogP) is 3.06. The van der Waals surface area contributed by atoms with E-state index in [4.69, 9.17) is 0 Å². The van der Waals surface area contributed by atoms with Crippen LogP contribution in [0, 0.1) is 12.8 Å². The fourth-order valence-corrected chi connectivity index (χ4v) is 3.91. The summed E-state index contributed by atoms with van der Waals surface area (Å²) in [5, 5.41) is 0. The number of rotatable bonds is 4. The van der Waals surface area contributed by atoms with Crippen molar-refractivity contribution in [3.05, 3.63) is 65.9 Å². The van der Waals surface area contributed by atoms with E-state index in [0.717, 1.165) is 55.1 Å². The molecular formula is C21H24N4O. The smallest absolute Gasteiger partial charge is 0.228 e. The number of carbonyl (C=O) groups is 1. The molecule has 4 heterocycles. The molecule has 0 N–H and O–H groups in total. The molecule has 0 aromatic carbocycles. The molecule has 0 aliphatic carbocycles. The molecule has 0 spiro atoms. The van der Waals surface area contributed by atoms with Crippen LogP contribution in [0.4, 0.5) is 0 Å². The molecule has 0 radical (unpaired) electrons. The van der Waals surface area contributed by atoms with Crippen molar-refractivity contribution in [2.75, 3.05) is 13.1 Å². The number of likely N-dealkylation sites (tertiary alicyclic amines) is 1. The summed E-state index contributed by atoms with van der Waals surface area (Å²) in [7, 11) is 0. The molecule has 1 fully saturated rings. The van der Waals surface area contributed by atoms with Crippen molar-refractivity contribution in [1.82, 2.24) is 19.3 Å². The summed E-state index contributed by atoms with van der Waals surface area (Å²) in [6.07, 6.45) is 7.41. The minimum absolute atomic E-state index is 0.199. The second kappa shape index (κ2) is 7.28. The molecule has 3 aromatic rings. The first-order chi connectivity index (χ1) is 12.7. The van der Waals surface area contributed by atoms with Crippen LogP contribution < -0.4 is 0 Å². The highest BCUT2D eigenvalue weighted by Crippen LogP contribution is 2.21. The molecule has 4 rings (SSSR count). The molecular weight excluding hydrogens is 324 g/mol. The number of aryl methyl sites for hydroxylation is 1. The normalized spacial score (nSPS) is 17.6. The SMILES string of the molecule is Cc1nc2ccccn2c1CC(=O)N1CCCC(Cc2ccccn2)C1. The van der Waals surface area contributed by atoms with Gasteiger partial charge in [-0.05, 0) is 56.4 Å². The van der Waals surface area contributed by atoms with Crippen molar-refractivity contribution in [2.24, 2.45) is 5.92 Å². The van der Waals surface area contributed by atoms with Gasteiger partial charge in [-0.2, -0.15) is 0 Å². The molecule has 1 aliphatic rings. The van der Waals surface area contributed by atoms with Gasteiger partial charge in [-0.3, -0.25) is 9.78 Å². The van der Waals surface area contributed by atoms with Crippen molar-refractivity contribution in [2.45, 2.75) is 32.6 Å². The minimum Gasteiger partial charge on any atom is -0.342 e. The minimum atomic E-state index is 0.199. The topological polar surface area (TPSA) is 50.5 Å². The highest BCUT2D eigenvalue weighted by molar-refractivity contribution is 5.79. The lowest BCUT2D eigenvalue weighted by atomic mass is 9.93. The lowest BCUT2D eigenvalue weighted by Gasteiger charge is -2.32. The molecule has 1 aliphatic heterocycles. The lowest BCUT2D eigenvalue weighted by molar-refractivity contribution is -0.132. The monoisotopic (exact) mass is 348 g/mol. The zero-order valence-electron chi connectivity index (χ0n) is 15.1. The van der Waals surface area contributed by atoms with Crippen LogP contribution in [-0.2, 0) is 17.6 Å². The third-order valence-electron chi connectivity index (χ3n) is 5.24. The van der Waals surface area contributed by atoms with E-state index < -0.39 is 0 Å². The lowest BCUT2D eigenvalue weighted by Crippen LogP contribution is -2.41. The number of nitrogens with zero attached hydrogens (tertiary/aromatic N) is 4. The average molecular weight is 348 g/mol. The van der Waals surface area contributed by atoms with Crippen LogP contribution in [0.1, 0.15) is 29.9 Å². The number of piperidine rings is 1. The maximum Gasteiger partial charge on any atom is 0.228 e. The van der Waals surface area contributed by atoms with Crippen molar-refractivity contribution < 1.29 is 4.79 Å². The van der Waals surface area contributed by atoms with Gasteiger partial charge in [-0.1, -0.05) is 12.1 Å². The fourth-order valence-electron chi connectivity index (χ4n) is 3.91. The van der Waals surface area contributed by atoms with E-state index >= 15 is 0 Å². The molecule has 1 amide bonds. The van der Waals surface area contributed by atoms with Crippen molar-refractivity contribution in [3.8, 4) is 0 Å². The molecule has 0 saturated carbocycles. The standard InChI is InChI=1S/C21H24N4O/c1-16-19(25-12-5-3-9-20(25)23-16)14-21(26)24-11-6-7-17(15-24)13-18-8-2-4-10-22-18/h2-5,8-10,12,17H,6-7,11,13-15H2,1H3. The molecule has 0 bridgehead atoms. The van der Waals surface area contributed by atoms with Gasteiger partial charge in [0.2, 0.25) is 5.91 Å². The zero-order valence-corrected chi connectivity index (χ0v) is 15.1. The predicted molar refractivity (Wildman–Crippen MR) is 101 cm³/mol. The van der Waals surface area contributed by atoms with Gasteiger partial charge in [0.25, 0.3) is 0 Å². The van der Waals surface area contributed by atoms with E-state index in [1.165, 1.54) is 0 Å². The van der Waals surface area contributed by atoms with E-state index in [1.807, 2.05) is 58.9 Å². The summed E-state index contributed by atoms with van der Waals surface area (Å²) in [5.41, 5.74) is 3.95. The van der Waals surface area contributed by atoms with Crippen LogP contribution in [0.2, 0.25) is 0 Å². The molecule has 134 valence electrons. The third kappa shape index (κ3) is 3.47. The highest BCUT2D eigenvalue weighted by atomic mass is 16.2. The fraction of sp³-hybridized carbons (Fsp3) is 0.381. The Labute approximate surface area is 153 Å². The number of aromatic nitrogens is 3. The summed E-state index contributed by atoms with van der Waals surface area (Å²) in [4.78, 5) is 24.0. The number of amides is 1. The molecule has 5 heteroatoms. The molecule has 3 aromatic heterocycles. The summed E-state index contributed by atoms with van der Waals surface area (Å²) >= 11 is 0. The van der Waals surface area contributed by atoms with E-state index in [1.54, 1.807) is 0 Å². The second-order valence-electron chi connectivity index (χ2n) is 7.12. The number of imidazole rings is 1. The van der Waals surface area contributed by atoms with Crippen LogP contribution in [0.5, 0.6) is 0 Å². The van der Waals surface area contributed by atoms with Crippen molar-refractivity contribution in [3.63, 3.8) is 0 Å². The molecule has 1 atom stereocenters. The van der Waals surface area contributed by atoms with Gasteiger partial charge in [0.05, 0.1) is 17.8 Å². The van der Waals surface area contributed by atoms with Crippen LogP contribution in [-0.4, -0.2) is 38.3 Å². The van der Waals surface area contributed by atoms with Crippen LogP contribution in [0.15, 0.2) is 48.8 Å². The second-order valence-corrected chi connectivity index (χ2v) is 7.12. The average Bonchev–Trinajstić information content (AvgIpc) is 2.98. The zero-order chi connectivity index (χ0) is 17.9. The maximum atomic E-state index is 12.9. The largest absolute Gasteiger partial charge is 0.342 e. The molecule has 1 saturated heterocycles. The van der Waals surface area contributed by atoms with E-state index in [0.29, 0.717) is 12.3 Å². The number of pyridine rings is 2. The van der Waals surface area contributed by atoms with E-state index in [2.05, 4.69) is 16.0 Å². The van der Waals surface area contributed by atoms with Gasteiger partial charge < -0.3 is 9.30 Å². The Morgan fingerprint density at radius 3 is 2.96 bits per heavy atom. The summed E-state index contributed by atoms with van der Waals surface area (Å²) < 4.78 is 2.03. The molecule has 26 heavy (non-hydrogen) atoms. The summed E-state index contributed by atoms with van der Waals surface area (Å²) in [6.45, 7) is 3.66. The first-order valence-electron chi connectivity index (χ1n) is 9.31. The maximum absolute atomic E-state index is 12.9. The highest BCUT2D eigenvalue weighted by Gasteiger charge is 2.25. The van der Waals surface area contributed by atoms with Crippen molar-refractivity contribution in [1.29, 1.82) is 0 Å². The Kier molecular flexibility index (Phi) is 4.69. The van der Waals surface area contributed by atoms with Crippen molar-refractivity contribution >= 4 is 11.6 Å². The van der Waals surface area contributed by atoms with Gasteiger partial charge in [0, 0.05) is 31.2 Å². The quantitative estimate of drug-likeness (QED) is 0.728. The summed E-state index contributed by atoms with van der Waals surface area (Å²) in [6, 6.07) is 12.0. The van der Waals surface area contributed by atoms with Gasteiger partial charge >= 0.3 is 0 Å². The Hall–Kier alpha value is -2.69. The van der Waals surface area contributed by atoms with Gasteiger partial charge in [0.1, 0.15) is 5.65 Å². The number of carbonyl (C=O) groups excluding carboxylic acids is 1. The number of hydrogen-bond donors (Lipinski definition) is 0. The van der Waals surface area contributed by atoms with Gasteiger partial charge in [-0.25, -0.2) is 4.98 Å². The third-order valence-corrected chi connectivity index (χ3v) is 5.24. The Morgan fingerprint density at radius 1 is 1.23 bits per heavy atom. The molecule has 1 unspecified atom stereocenters. The van der Waals surface area contributed by atoms with Gasteiger partial charge in [0.15, 0.2) is 0 Å². The molecule has 5 nitrogen and oxygen atoms in total.